The van der Waals surface area contributed by atoms with Gasteiger partial charge >= 0.3 is 0 Å². The molecule has 0 spiro atoms. The molecule has 2 rings (SSSR count). The number of nitrogens with two attached hydrogens (primary N) is 1. The second kappa shape index (κ2) is 5.63. The van der Waals surface area contributed by atoms with Gasteiger partial charge in [0.15, 0.2) is 0 Å². The van der Waals surface area contributed by atoms with Crippen LogP contribution in [0.25, 0.3) is 0 Å². The van der Waals surface area contributed by atoms with E-state index in [9.17, 15) is 0 Å². The minimum atomic E-state index is 0.0748. The third kappa shape index (κ3) is 2.98. The topological polar surface area (TPSA) is 29.3 Å². The molecule has 0 amide bonds. The third-order valence-electron chi connectivity index (χ3n) is 3.34. The molecule has 1 aromatic carbocycles. The summed E-state index contributed by atoms with van der Waals surface area (Å²) in [6.07, 6.45) is 1.29. The molecule has 0 aliphatic carbocycles. The van der Waals surface area contributed by atoms with Crippen molar-refractivity contribution >= 4 is 33.4 Å². The van der Waals surface area contributed by atoms with Gasteiger partial charge in [0.1, 0.15) is 0 Å². The number of hydrogen-bond acceptors (Lipinski definition) is 3. The van der Waals surface area contributed by atoms with Crippen molar-refractivity contribution in [3.8, 4) is 0 Å². The zero-order valence-electron chi connectivity index (χ0n) is 10.3. The maximum absolute atomic E-state index is 5.92. The molecule has 94 valence electrons. The van der Waals surface area contributed by atoms with Gasteiger partial charge in [0, 0.05) is 35.0 Å². The van der Waals surface area contributed by atoms with Crippen LogP contribution in [-0.2, 0) is 0 Å². The van der Waals surface area contributed by atoms with E-state index in [2.05, 4.69) is 46.1 Å². The van der Waals surface area contributed by atoms with Crippen molar-refractivity contribution in [1.82, 2.24) is 0 Å². The van der Waals surface area contributed by atoms with E-state index in [1.807, 2.05) is 18.7 Å². The number of anilines is 1. The van der Waals surface area contributed by atoms with Gasteiger partial charge in [-0.3, -0.25) is 0 Å². The summed E-state index contributed by atoms with van der Waals surface area (Å²) in [6.45, 7) is 2.01. The summed E-state index contributed by atoms with van der Waals surface area (Å²) in [5, 5.41) is 0. The normalized spacial score (nSPS) is 21.5. The van der Waals surface area contributed by atoms with Crippen LogP contribution in [-0.4, -0.2) is 24.6 Å². The number of nitrogens with zero attached hydrogens (tertiary/aromatic N) is 1. The largest absolute Gasteiger partial charge is 0.371 e. The van der Waals surface area contributed by atoms with Crippen molar-refractivity contribution in [1.29, 1.82) is 0 Å². The highest BCUT2D eigenvalue weighted by molar-refractivity contribution is 9.10. The molecular weight excluding hydrogens is 296 g/mol. The van der Waals surface area contributed by atoms with Gasteiger partial charge in [-0.25, -0.2) is 0 Å². The molecule has 1 aromatic rings. The molecule has 0 radical (unpaired) electrons. The highest BCUT2D eigenvalue weighted by Gasteiger charge is 2.20. The second-order valence-corrected chi connectivity index (χ2v) is 6.63. The lowest BCUT2D eigenvalue weighted by Crippen LogP contribution is -2.31. The molecule has 0 aromatic heterocycles. The lowest BCUT2D eigenvalue weighted by Gasteiger charge is -2.26. The number of rotatable bonds is 3. The Kier molecular flexibility index (Phi) is 4.39. The lowest BCUT2D eigenvalue weighted by atomic mass is 10.1. The van der Waals surface area contributed by atoms with Crippen LogP contribution in [0.1, 0.15) is 24.9 Å². The van der Waals surface area contributed by atoms with Crippen molar-refractivity contribution in [3.63, 3.8) is 0 Å². The smallest absolute Gasteiger partial charge is 0.0385 e. The van der Waals surface area contributed by atoms with Crippen molar-refractivity contribution in [2.75, 3.05) is 23.5 Å². The Morgan fingerprint density at radius 3 is 2.82 bits per heavy atom. The van der Waals surface area contributed by atoms with E-state index in [-0.39, 0.29) is 6.04 Å². The Morgan fingerprint density at radius 2 is 2.29 bits per heavy atom. The first-order chi connectivity index (χ1) is 8.09. The van der Waals surface area contributed by atoms with Gasteiger partial charge < -0.3 is 10.6 Å². The van der Waals surface area contributed by atoms with Gasteiger partial charge in [-0.05, 0) is 36.8 Å². The first-order valence-corrected chi connectivity index (χ1v) is 7.90. The fourth-order valence-corrected chi connectivity index (χ4v) is 4.14. The average molecular weight is 315 g/mol. The summed E-state index contributed by atoms with van der Waals surface area (Å²) in [5.41, 5.74) is 8.36. The molecule has 2 atom stereocenters. The first-order valence-electron chi connectivity index (χ1n) is 5.95. The van der Waals surface area contributed by atoms with Crippen LogP contribution in [0.5, 0.6) is 0 Å². The molecular formula is C13H19BrN2S. The molecule has 1 aliphatic heterocycles. The molecule has 2 nitrogen and oxygen atoms in total. The minimum Gasteiger partial charge on any atom is -0.371 e. The van der Waals surface area contributed by atoms with E-state index in [1.165, 1.54) is 29.2 Å². The molecule has 1 fully saturated rings. The van der Waals surface area contributed by atoms with Gasteiger partial charge in [-0.1, -0.05) is 22.0 Å². The Balaban J connectivity index is 2.18. The predicted molar refractivity (Wildman–Crippen MR) is 80.9 cm³/mol. The van der Waals surface area contributed by atoms with Crippen molar-refractivity contribution in [2.45, 2.75) is 25.4 Å². The van der Waals surface area contributed by atoms with Gasteiger partial charge in [0.05, 0.1) is 0 Å². The Bertz CT molecular complexity index is 389. The SMILES string of the molecule is C[C@H](N)c1ccc(N(C)C2CCSC2)cc1Br. The highest BCUT2D eigenvalue weighted by atomic mass is 79.9. The standard InChI is InChI=1S/C13H19BrN2S/c1-9(15)12-4-3-10(7-13(12)14)16(2)11-5-6-17-8-11/h3-4,7,9,11H,5-6,8,15H2,1-2H3/t9-,11?/m0/s1. The summed E-state index contributed by atoms with van der Waals surface area (Å²) < 4.78 is 1.11. The fraction of sp³-hybridized carbons (Fsp3) is 0.538. The molecule has 4 heteroatoms. The van der Waals surface area contributed by atoms with E-state index in [1.54, 1.807) is 0 Å². The minimum absolute atomic E-state index is 0.0748. The zero-order chi connectivity index (χ0) is 12.4. The number of thioether (sulfide) groups is 1. The number of halogens is 1. The van der Waals surface area contributed by atoms with Crippen LogP contribution in [0.15, 0.2) is 22.7 Å². The van der Waals surface area contributed by atoms with Gasteiger partial charge in [0.2, 0.25) is 0 Å². The van der Waals surface area contributed by atoms with Gasteiger partial charge in [-0.15, -0.1) is 0 Å². The van der Waals surface area contributed by atoms with Crippen molar-refractivity contribution in [3.05, 3.63) is 28.2 Å². The fourth-order valence-electron chi connectivity index (χ4n) is 2.14. The van der Waals surface area contributed by atoms with E-state index >= 15 is 0 Å². The second-order valence-electron chi connectivity index (χ2n) is 4.62. The maximum Gasteiger partial charge on any atom is 0.0385 e. The van der Waals surface area contributed by atoms with Crippen LogP contribution in [0.2, 0.25) is 0 Å². The van der Waals surface area contributed by atoms with E-state index in [0.717, 1.165) is 4.47 Å². The summed E-state index contributed by atoms with van der Waals surface area (Å²) in [4.78, 5) is 2.38. The third-order valence-corrected chi connectivity index (χ3v) is 5.17. The van der Waals surface area contributed by atoms with E-state index < -0.39 is 0 Å². The Labute approximate surface area is 116 Å². The molecule has 1 heterocycles. The van der Waals surface area contributed by atoms with E-state index in [4.69, 9.17) is 5.73 Å². The molecule has 0 saturated carbocycles. The molecule has 2 N–H and O–H groups in total. The van der Waals surface area contributed by atoms with Crippen molar-refractivity contribution in [2.24, 2.45) is 5.73 Å². The molecule has 1 aliphatic rings. The highest BCUT2D eigenvalue weighted by Crippen LogP contribution is 2.30. The van der Waals surface area contributed by atoms with Gasteiger partial charge in [-0.2, -0.15) is 11.8 Å². The zero-order valence-corrected chi connectivity index (χ0v) is 12.7. The summed E-state index contributed by atoms with van der Waals surface area (Å²) >= 11 is 5.66. The van der Waals surface area contributed by atoms with Gasteiger partial charge in [0.25, 0.3) is 0 Å². The van der Waals surface area contributed by atoms with Crippen LogP contribution in [0, 0.1) is 0 Å². The average Bonchev–Trinajstić information content (AvgIpc) is 2.80. The monoisotopic (exact) mass is 314 g/mol. The molecule has 17 heavy (non-hydrogen) atoms. The Hall–Kier alpha value is -0.190. The summed E-state index contributed by atoms with van der Waals surface area (Å²) in [7, 11) is 2.18. The maximum atomic E-state index is 5.92. The van der Waals surface area contributed by atoms with Crippen molar-refractivity contribution < 1.29 is 0 Å². The molecule has 1 saturated heterocycles. The van der Waals surface area contributed by atoms with E-state index in [0.29, 0.717) is 6.04 Å². The lowest BCUT2D eigenvalue weighted by molar-refractivity contribution is 0.699. The molecule has 1 unspecified atom stereocenters. The number of benzene rings is 1. The first kappa shape index (κ1) is 13.2. The molecule has 0 bridgehead atoms. The van der Waals surface area contributed by atoms with Crippen LogP contribution in [0.3, 0.4) is 0 Å². The quantitative estimate of drug-likeness (QED) is 0.927. The predicted octanol–water partition coefficient (Wildman–Crippen LogP) is 3.41. The van der Waals surface area contributed by atoms with Crippen LogP contribution >= 0.6 is 27.7 Å². The summed E-state index contributed by atoms with van der Waals surface area (Å²) in [5.74, 6) is 2.53. The van der Waals surface area contributed by atoms with Crippen LogP contribution < -0.4 is 10.6 Å². The Morgan fingerprint density at radius 1 is 1.53 bits per heavy atom. The van der Waals surface area contributed by atoms with Crippen LogP contribution in [0.4, 0.5) is 5.69 Å². The summed E-state index contributed by atoms with van der Waals surface area (Å²) in [6, 6.07) is 7.23. The number of hydrogen-bond donors (Lipinski definition) is 1.